The molecular formula is C14H19ClN2O3. The van der Waals surface area contributed by atoms with Crippen LogP contribution in [0.4, 0.5) is 0 Å². The highest BCUT2D eigenvalue weighted by Crippen LogP contribution is 2.15. The third kappa shape index (κ3) is 6.04. The van der Waals surface area contributed by atoms with Gasteiger partial charge in [0.1, 0.15) is 6.61 Å². The average Bonchev–Trinajstić information content (AvgIpc) is 2.40. The van der Waals surface area contributed by atoms with Gasteiger partial charge < -0.3 is 15.0 Å². The average molecular weight is 299 g/mol. The Morgan fingerprint density at radius 1 is 1.30 bits per heavy atom. The van der Waals surface area contributed by atoms with E-state index in [1.54, 1.807) is 20.2 Å². The smallest absolute Gasteiger partial charge is 0.246 e. The Bertz CT molecular complexity index is 463. The van der Waals surface area contributed by atoms with Crippen LogP contribution in [-0.4, -0.2) is 44.0 Å². The van der Waals surface area contributed by atoms with Gasteiger partial charge in [0.2, 0.25) is 11.8 Å². The topological polar surface area (TPSA) is 58.6 Å². The van der Waals surface area contributed by atoms with Crippen molar-refractivity contribution < 1.29 is 14.3 Å². The summed E-state index contributed by atoms with van der Waals surface area (Å²) in [5, 5.41) is 3.24. The maximum atomic E-state index is 11.5. The summed E-state index contributed by atoms with van der Waals surface area (Å²) in [7, 11) is 3.35. The summed E-state index contributed by atoms with van der Waals surface area (Å²) in [6.07, 6.45) is 0.281. The summed E-state index contributed by atoms with van der Waals surface area (Å²) in [4.78, 5) is 24.3. The molecule has 0 unspecified atom stereocenters. The predicted molar refractivity (Wildman–Crippen MR) is 77.4 cm³/mol. The van der Waals surface area contributed by atoms with E-state index in [0.29, 0.717) is 11.6 Å². The van der Waals surface area contributed by atoms with Gasteiger partial charge in [0.05, 0.1) is 6.61 Å². The van der Waals surface area contributed by atoms with Gasteiger partial charge in [-0.15, -0.1) is 0 Å². The van der Waals surface area contributed by atoms with Crippen molar-refractivity contribution in [2.24, 2.45) is 0 Å². The fraction of sp³-hybridized carbons (Fsp3) is 0.429. The standard InChI is InChI=1S/C14H19ClN2O3/c1-17(2)14(19)7-8-16-13(18)10-20-9-11-5-3-4-6-12(11)15/h3-6H,7-10H2,1-2H3,(H,16,18). The number of halogens is 1. The van der Waals surface area contributed by atoms with Crippen molar-refractivity contribution in [1.82, 2.24) is 10.2 Å². The number of hydrogen-bond donors (Lipinski definition) is 1. The lowest BCUT2D eigenvalue weighted by molar-refractivity contribution is -0.129. The van der Waals surface area contributed by atoms with Crippen molar-refractivity contribution in [3.8, 4) is 0 Å². The lowest BCUT2D eigenvalue weighted by Crippen LogP contribution is -2.32. The summed E-state index contributed by atoms with van der Waals surface area (Å²) in [6.45, 7) is 0.538. The van der Waals surface area contributed by atoms with Crippen LogP contribution in [0.25, 0.3) is 0 Å². The molecule has 1 N–H and O–H groups in total. The zero-order valence-corrected chi connectivity index (χ0v) is 12.4. The third-order valence-electron chi connectivity index (χ3n) is 2.61. The number of amides is 2. The first kappa shape index (κ1) is 16.5. The highest BCUT2D eigenvalue weighted by Gasteiger charge is 2.06. The van der Waals surface area contributed by atoms with Crippen LogP contribution >= 0.6 is 11.6 Å². The van der Waals surface area contributed by atoms with Gasteiger partial charge in [-0.05, 0) is 11.6 Å². The molecule has 0 aliphatic rings. The van der Waals surface area contributed by atoms with E-state index in [9.17, 15) is 9.59 Å². The van der Waals surface area contributed by atoms with Crippen LogP contribution in [-0.2, 0) is 20.9 Å². The summed E-state index contributed by atoms with van der Waals surface area (Å²) < 4.78 is 5.28. The monoisotopic (exact) mass is 298 g/mol. The van der Waals surface area contributed by atoms with Crippen LogP contribution in [0, 0.1) is 0 Å². The molecule has 20 heavy (non-hydrogen) atoms. The van der Waals surface area contributed by atoms with Crippen molar-refractivity contribution in [3.63, 3.8) is 0 Å². The molecule has 1 rings (SSSR count). The van der Waals surface area contributed by atoms with Crippen molar-refractivity contribution in [1.29, 1.82) is 0 Å². The van der Waals surface area contributed by atoms with E-state index >= 15 is 0 Å². The molecule has 0 bridgehead atoms. The van der Waals surface area contributed by atoms with Crippen molar-refractivity contribution in [2.45, 2.75) is 13.0 Å². The van der Waals surface area contributed by atoms with E-state index < -0.39 is 0 Å². The number of carbonyl (C=O) groups is 2. The van der Waals surface area contributed by atoms with Crippen molar-refractivity contribution in [2.75, 3.05) is 27.2 Å². The maximum Gasteiger partial charge on any atom is 0.246 e. The fourth-order valence-electron chi connectivity index (χ4n) is 1.45. The van der Waals surface area contributed by atoms with Crippen LogP contribution in [0.1, 0.15) is 12.0 Å². The van der Waals surface area contributed by atoms with Gasteiger partial charge >= 0.3 is 0 Å². The molecule has 0 heterocycles. The summed E-state index contributed by atoms with van der Waals surface area (Å²) >= 11 is 5.96. The molecule has 1 aromatic carbocycles. The molecule has 0 aromatic heterocycles. The Morgan fingerprint density at radius 2 is 2.00 bits per heavy atom. The van der Waals surface area contributed by atoms with E-state index in [0.717, 1.165) is 5.56 Å². The Hall–Kier alpha value is -1.59. The normalized spacial score (nSPS) is 10.2. The molecule has 6 heteroatoms. The minimum atomic E-state index is -0.247. The second-order valence-electron chi connectivity index (χ2n) is 4.47. The SMILES string of the molecule is CN(C)C(=O)CCNC(=O)COCc1ccccc1Cl. The largest absolute Gasteiger partial charge is 0.367 e. The number of hydrogen-bond acceptors (Lipinski definition) is 3. The first-order chi connectivity index (χ1) is 9.50. The molecule has 5 nitrogen and oxygen atoms in total. The minimum Gasteiger partial charge on any atom is -0.367 e. The first-order valence-corrected chi connectivity index (χ1v) is 6.66. The van der Waals surface area contributed by atoms with Gasteiger partial charge in [-0.3, -0.25) is 9.59 Å². The highest BCUT2D eigenvalue weighted by atomic mass is 35.5. The molecular weight excluding hydrogens is 280 g/mol. The first-order valence-electron chi connectivity index (χ1n) is 6.28. The lowest BCUT2D eigenvalue weighted by atomic mass is 10.2. The molecule has 0 spiro atoms. The molecule has 2 amide bonds. The van der Waals surface area contributed by atoms with Crippen LogP contribution in [0.5, 0.6) is 0 Å². The summed E-state index contributed by atoms with van der Waals surface area (Å²) in [5.41, 5.74) is 0.838. The molecule has 0 aliphatic carbocycles. The minimum absolute atomic E-state index is 0.0257. The van der Waals surface area contributed by atoms with Crippen LogP contribution in [0.15, 0.2) is 24.3 Å². The second kappa shape index (κ2) is 8.55. The molecule has 0 saturated carbocycles. The van der Waals surface area contributed by atoms with Gasteiger partial charge in [0, 0.05) is 32.1 Å². The van der Waals surface area contributed by atoms with Crippen molar-refractivity contribution >= 4 is 23.4 Å². The highest BCUT2D eigenvalue weighted by molar-refractivity contribution is 6.31. The molecule has 0 fully saturated rings. The van der Waals surface area contributed by atoms with E-state index in [-0.39, 0.29) is 31.4 Å². The quantitative estimate of drug-likeness (QED) is 0.829. The Kier molecular flexibility index (Phi) is 7.04. The number of rotatable bonds is 7. The predicted octanol–water partition coefficient (Wildman–Crippen LogP) is 1.45. The molecule has 0 saturated heterocycles. The number of carbonyl (C=O) groups excluding carboxylic acids is 2. The van der Waals surface area contributed by atoms with Crippen LogP contribution < -0.4 is 5.32 Å². The molecule has 0 radical (unpaired) electrons. The van der Waals surface area contributed by atoms with Gasteiger partial charge in [0.25, 0.3) is 0 Å². The Morgan fingerprint density at radius 3 is 2.65 bits per heavy atom. The fourth-order valence-corrected chi connectivity index (χ4v) is 1.64. The summed E-state index contributed by atoms with van der Waals surface area (Å²) in [6, 6.07) is 7.31. The van der Waals surface area contributed by atoms with E-state index in [4.69, 9.17) is 16.3 Å². The van der Waals surface area contributed by atoms with Crippen LogP contribution in [0.2, 0.25) is 5.02 Å². The van der Waals surface area contributed by atoms with E-state index in [2.05, 4.69) is 5.32 Å². The number of ether oxygens (including phenoxy) is 1. The van der Waals surface area contributed by atoms with Gasteiger partial charge in [-0.2, -0.15) is 0 Å². The van der Waals surface area contributed by atoms with Crippen molar-refractivity contribution in [3.05, 3.63) is 34.9 Å². The van der Waals surface area contributed by atoms with E-state index in [1.165, 1.54) is 4.90 Å². The zero-order chi connectivity index (χ0) is 15.0. The Balaban J connectivity index is 2.18. The Labute approximate surface area is 123 Å². The number of nitrogens with one attached hydrogen (secondary N) is 1. The number of nitrogens with zero attached hydrogens (tertiary/aromatic N) is 1. The number of benzene rings is 1. The maximum absolute atomic E-state index is 11.5. The van der Waals surface area contributed by atoms with Gasteiger partial charge in [-0.25, -0.2) is 0 Å². The van der Waals surface area contributed by atoms with Gasteiger partial charge in [0.15, 0.2) is 0 Å². The second-order valence-corrected chi connectivity index (χ2v) is 4.88. The van der Waals surface area contributed by atoms with Crippen LogP contribution in [0.3, 0.4) is 0 Å². The lowest BCUT2D eigenvalue weighted by Gasteiger charge is -2.10. The molecule has 0 aliphatic heterocycles. The molecule has 1 aromatic rings. The van der Waals surface area contributed by atoms with E-state index in [1.807, 2.05) is 18.2 Å². The molecule has 110 valence electrons. The summed E-state index contributed by atoms with van der Waals surface area (Å²) in [5.74, 6) is -0.272. The van der Waals surface area contributed by atoms with Gasteiger partial charge in [-0.1, -0.05) is 29.8 Å². The zero-order valence-electron chi connectivity index (χ0n) is 11.7. The molecule has 0 atom stereocenters. The third-order valence-corrected chi connectivity index (χ3v) is 2.98.